The lowest BCUT2D eigenvalue weighted by atomic mass is 9.95. The lowest BCUT2D eigenvalue weighted by molar-refractivity contribution is -0.148. The van der Waals surface area contributed by atoms with Crippen molar-refractivity contribution in [3.8, 4) is 0 Å². The van der Waals surface area contributed by atoms with Gasteiger partial charge in [0.2, 0.25) is 11.6 Å². The van der Waals surface area contributed by atoms with Gasteiger partial charge in [-0.1, -0.05) is 0 Å². The third kappa shape index (κ3) is 4.87. The molecule has 0 radical (unpaired) electrons. The van der Waals surface area contributed by atoms with Crippen LogP contribution < -0.4 is 5.73 Å². The fourth-order valence-corrected chi connectivity index (χ4v) is 1.29. The molecule has 0 spiro atoms. The van der Waals surface area contributed by atoms with Crippen LogP contribution in [0.4, 0.5) is 0 Å². The van der Waals surface area contributed by atoms with Crippen LogP contribution in [0.3, 0.4) is 0 Å². The van der Waals surface area contributed by atoms with Crippen LogP contribution in [0.2, 0.25) is 0 Å². The first-order chi connectivity index (χ1) is 9.13. The molecule has 0 rings (SSSR count). The van der Waals surface area contributed by atoms with E-state index in [-0.39, 0.29) is 0 Å². The van der Waals surface area contributed by atoms with Gasteiger partial charge in [-0.25, -0.2) is 0 Å². The lowest BCUT2D eigenvalue weighted by Crippen LogP contribution is -2.52. The van der Waals surface area contributed by atoms with E-state index in [2.05, 4.69) is 0 Å². The molecule has 0 heterocycles. The first-order valence-corrected chi connectivity index (χ1v) is 5.65. The molecule has 0 saturated carbocycles. The standard InChI is InChI=1S/C11H17NO8/c1-4(14)2-5(15)8(17)10(19)7(12)11(20)9(18)6(16)3-13/h5-7,9,13,15-16,18H,2-3,12H2,1H3/t5?,6-,7+,9-/m1/s1. The van der Waals surface area contributed by atoms with E-state index in [1.54, 1.807) is 0 Å². The molecular formula is C11H17NO8. The Morgan fingerprint density at radius 2 is 1.55 bits per heavy atom. The van der Waals surface area contributed by atoms with E-state index in [1.165, 1.54) is 0 Å². The highest BCUT2D eigenvalue weighted by molar-refractivity contribution is 6.44. The predicted octanol–water partition coefficient (Wildman–Crippen LogP) is -3.92. The molecule has 0 aromatic heterocycles. The Bertz CT molecular complexity index is 407. The third-order valence-electron chi connectivity index (χ3n) is 2.46. The monoisotopic (exact) mass is 291 g/mol. The summed E-state index contributed by atoms with van der Waals surface area (Å²) in [5.41, 5.74) is 5.15. The number of aliphatic hydroxyl groups is 4. The van der Waals surface area contributed by atoms with Crippen molar-refractivity contribution < 1.29 is 39.6 Å². The normalized spacial score (nSPS) is 16.9. The number of hydrogen-bond acceptors (Lipinski definition) is 9. The molecule has 0 amide bonds. The second-order valence-electron chi connectivity index (χ2n) is 4.23. The quantitative estimate of drug-likeness (QED) is 0.210. The molecule has 9 heteroatoms. The SMILES string of the molecule is CC(=O)CC(O)C(=O)C(=O)[C@H](N)C(=O)[C@H](O)[C@H](O)CO. The minimum absolute atomic E-state index is 0.547. The number of rotatable bonds is 9. The highest BCUT2D eigenvalue weighted by Gasteiger charge is 2.37. The number of carbonyl (C=O) groups is 4. The number of aliphatic hydroxyl groups excluding tert-OH is 4. The summed E-state index contributed by atoms with van der Waals surface area (Å²) in [5.74, 6) is -4.85. The Morgan fingerprint density at radius 3 is 1.95 bits per heavy atom. The minimum Gasteiger partial charge on any atom is -0.394 e. The molecule has 114 valence electrons. The number of nitrogens with two attached hydrogens (primary N) is 1. The van der Waals surface area contributed by atoms with Crippen LogP contribution in [0.5, 0.6) is 0 Å². The molecule has 0 fully saturated rings. The smallest absolute Gasteiger partial charge is 0.229 e. The molecule has 0 aromatic carbocycles. The molecular weight excluding hydrogens is 274 g/mol. The van der Waals surface area contributed by atoms with Gasteiger partial charge in [-0.2, -0.15) is 0 Å². The van der Waals surface area contributed by atoms with Gasteiger partial charge in [-0.15, -0.1) is 0 Å². The lowest BCUT2D eigenvalue weighted by Gasteiger charge is -2.18. The molecule has 0 aliphatic carbocycles. The van der Waals surface area contributed by atoms with Crippen molar-refractivity contribution in [2.24, 2.45) is 5.73 Å². The zero-order chi connectivity index (χ0) is 16.0. The number of hydrogen-bond donors (Lipinski definition) is 5. The van der Waals surface area contributed by atoms with Gasteiger partial charge in [0.15, 0.2) is 5.78 Å². The zero-order valence-corrected chi connectivity index (χ0v) is 10.7. The van der Waals surface area contributed by atoms with E-state index in [9.17, 15) is 29.4 Å². The van der Waals surface area contributed by atoms with Crippen LogP contribution in [0.15, 0.2) is 0 Å². The van der Waals surface area contributed by atoms with E-state index in [1.807, 2.05) is 0 Å². The van der Waals surface area contributed by atoms with Crippen molar-refractivity contribution in [3.63, 3.8) is 0 Å². The molecule has 0 aliphatic rings. The largest absolute Gasteiger partial charge is 0.394 e. The van der Waals surface area contributed by atoms with Crippen LogP contribution in [0.1, 0.15) is 13.3 Å². The Balaban J connectivity index is 4.81. The molecule has 0 aliphatic heterocycles. The van der Waals surface area contributed by atoms with Crippen molar-refractivity contribution >= 4 is 23.1 Å². The van der Waals surface area contributed by atoms with Crippen molar-refractivity contribution in [2.75, 3.05) is 6.61 Å². The van der Waals surface area contributed by atoms with Crippen LogP contribution in [0.25, 0.3) is 0 Å². The number of ketones is 4. The van der Waals surface area contributed by atoms with E-state index >= 15 is 0 Å². The van der Waals surface area contributed by atoms with Gasteiger partial charge >= 0.3 is 0 Å². The third-order valence-corrected chi connectivity index (χ3v) is 2.46. The van der Waals surface area contributed by atoms with E-state index in [0.717, 1.165) is 6.92 Å². The molecule has 4 atom stereocenters. The summed E-state index contributed by atoms with van der Waals surface area (Å²) in [6.45, 7) is 0.141. The van der Waals surface area contributed by atoms with Gasteiger partial charge in [0.1, 0.15) is 30.1 Å². The van der Waals surface area contributed by atoms with Gasteiger partial charge in [0.25, 0.3) is 0 Å². The molecule has 20 heavy (non-hydrogen) atoms. The molecule has 9 nitrogen and oxygen atoms in total. The Labute approximate surface area is 114 Å². The first-order valence-electron chi connectivity index (χ1n) is 5.65. The van der Waals surface area contributed by atoms with Gasteiger partial charge < -0.3 is 26.2 Å². The molecule has 0 bridgehead atoms. The summed E-state index contributed by atoms with van der Waals surface area (Å²) in [6, 6.07) is -2.10. The first kappa shape index (κ1) is 18.5. The molecule has 6 N–H and O–H groups in total. The van der Waals surface area contributed by atoms with Gasteiger partial charge in [-0.3, -0.25) is 19.2 Å². The summed E-state index contributed by atoms with van der Waals surface area (Å²) in [4.78, 5) is 45.1. The Hall–Kier alpha value is -1.52. The van der Waals surface area contributed by atoms with E-state index < -0.39 is 60.5 Å². The second-order valence-corrected chi connectivity index (χ2v) is 4.23. The van der Waals surface area contributed by atoms with Crippen molar-refractivity contribution in [3.05, 3.63) is 0 Å². The van der Waals surface area contributed by atoms with Gasteiger partial charge in [0.05, 0.1) is 6.61 Å². The summed E-state index contributed by atoms with van der Waals surface area (Å²) in [5, 5.41) is 36.1. The average molecular weight is 291 g/mol. The van der Waals surface area contributed by atoms with Gasteiger partial charge in [0, 0.05) is 6.42 Å². The summed E-state index contributed by atoms with van der Waals surface area (Å²) < 4.78 is 0. The molecule has 0 saturated heterocycles. The zero-order valence-electron chi connectivity index (χ0n) is 10.7. The van der Waals surface area contributed by atoms with Crippen LogP contribution in [-0.4, -0.2) is 74.5 Å². The minimum atomic E-state index is -2.14. The maximum atomic E-state index is 11.5. The highest BCUT2D eigenvalue weighted by atomic mass is 16.4. The molecule has 0 aromatic rings. The maximum absolute atomic E-state index is 11.5. The fraction of sp³-hybridized carbons (Fsp3) is 0.636. The predicted molar refractivity (Wildman–Crippen MR) is 63.4 cm³/mol. The van der Waals surface area contributed by atoms with E-state index in [4.69, 9.17) is 15.9 Å². The average Bonchev–Trinajstić information content (AvgIpc) is 2.41. The topological polar surface area (TPSA) is 175 Å². The summed E-state index contributed by atoms with van der Waals surface area (Å²) in [6.07, 6.45) is -6.51. The van der Waals surface area contributed by atoms with Crippen LogP contribution in [0, 0.1) is 0 Å². The van der Waals surface area contributed by atoms with Crippen molar-refractivity contribution in [1.82, 2.24) is 0 Å². The maximum Gasteiger partial charge on any atom is 0.229 e. The fourth-order valence-electron chi connectivity index (χ4n) is 1.29. The van der Waals surface area contributed by atoms with Crippen molar-refractivity contribution in [2.45, 2.75) is 37.7 Å². The second kappa shape index (κ2) is 7.92. The van der Waals surface area contributed by atoms with E-state index in [0.29, 0.717) is 0 Å². The summed E-state index contributed by atoms with van der Waals surface area (Å²) >= 11 is 0. The van der Waals surface area contributed by atoms with Crippen molar-refractivity contribution in [1.29, 1.82) is 0 Å². The number of Topliss-reactive ketones (excluding diaryl/α,β-unsaturated/α-hetero) is 4. The molecule has 1 unspecified atom stereocenters. The Kier molecular flexibility index (Phi) is 7.32. The summed E-state index contributed by atoms with van der Waals surface area (Å²) in [7, 11) is 0. The number of carbonyl (C=O) groups excluding carboxylic acids is 4. The highest BCUT2D eigenvalue weighted by Crippen LogP contribution is 2.03. The Morgan fingerprint density at radius 1 is 1.05 bits per heavy atom. The van der Waals surface area contributed by atoms with Crippen LogP contribution >= 0.6 is 0 Å². The van der Waals surface area contributed by atoms with Crippen LogP contribution in [-0.2, 0) is 19.2 Å². The van der Waals surface area contributed by atoms with Gasteiger partial charge in [-0.05, 0) is 6.92 Å².